The van der Waals surface area contributed by atoms with Gasteiger partial charge in [-0.05, 0) is 44.2 Å². The van der Waals surface area contributed by atoms with E-state index in [0.29, 0.717) is 19.1 Å². The van der Waals surface area contributed by atoms with Crippen molar-refractivity contribution in [3.05, 3.63) is 39.5 Å². The van der Waals surface area contributed by atoms with Gasteiger partial charge in [0.1, 0.15) is 12.1 Å². The van der Waals surface area contributed by atoms with Crippen LogP contribution in [0.25, 0.3) is 0 Å². The molecule has 0 saturated carbocycles. The van der Waals surface area contributed by atoms with Crippen LogP contribution in [0.15, 0.2) is 17.8 Å². The van der Waals surface area contributed by atoms with Crippen LogP contribution in [0, 0.1) is 6.92 Å². The number of aryl methyl sites for hydroxylation is 1. The Morgan fingerprint density at radius 1 is 1.30 bits per heavy atom. The van der Waals surface area contributed by atoms with Gasteiger partial charge in [0.25, 0.3) is 5.91 Å². The minimum Gasteiger partial charge on any atom is -0.368 e. The summed E-state index contributed by atoms with van der Waals surface area (Å²) >= 11 is 1.52. The standard InChI is InChI=1S/C17H22N4OS/c1-11(2)20-16-13-4-7-21(8-5-14(13)18-10-19-16)17(22)15-12(3)6-9-23-15/h6,9-11H,4-5,7-8H2,1-3H3,(H,18,19,20). The molecule has 1 N–H and O–H groups in total. The Bertz CT molecular complexity index is 710. The molecule has 3 rings (SSSR count). The zero-order chi connectivity index (χ0) is 16.4. The molecular formula is C17H22N4OS. The summed E-state index contributed by atoms with van der Waals surface area (Å²) in [5, 5.41) is 5.37. The highest BCUT2D eigenvalue weighted by Crippen LogP contribution is 2.23. The minimum absolute atomic E-state index is 0.136. The molecule has 0 unspecified atom stereocenters. The summed E-state index contributed by atoms with van der Waals surface area (Å²) in [6.07, 6.45) is 3.19. The minimum atomic E-state index is 0.136. The van der Waals surface area contributed by atoms with E-state index in [4.69, 9.17) is 0 Å². The molecule has 6 heteroatoms. The topological polar surface area (TPSA) is 58.1 Å². The summed E-state index contributed by atoms with van der Waals surface area (Å²) in [6.45, 7) is 7.61. The van der Waals surface area contributed by atoms with Crippen LogP contribution in [0.1, 0.15) is 40.3 Å². The fourth-order valence-electron chi connectivity index (χ4n) is 2.86. The molecule has 3 heterocycles. The highest BCUT2D eigenvalue weighted by atomic mass is 32.1. The second-order valence-electron chi connectivity index (χ2n) is 6.17. The number of nitrogens with zero attached hydrogens (tertiary/aromatic N) is 3. The van der Waals surface area contributed by atoms with Gasteiger partial charge in [-0.2, -0.15) is 0 Å². The van der Waals surface area contributed by atoms with Gasteiger partial charge in [0.15, 0.2) is 0 Å². The maximum Gasteiger partial charge on any atom is 0.264 e. The highest BCUT2D eigenvalue weighted by Gasteiger charge is 2.24. The van der Waals surface area contributed by atoms with Crippen LogP contribution in [0.3, 0.4) is 0 Å². The monoisotopic (exact) mass is 330 g/mol. The van der Waals surface area contributed by atoms with Crippen molar-refractivity contribution in [1.82, 2.24) is 14.9 Å². The van der Waals surface area contributed by atoms with Gasteiger partial charge < -0.3 is 10.2 Å². The van der Waals surface area contributed by atoms with Crippen molar-refractivity contribution in [2.75, 3.05) is 18.4 Å². The second-order valence-corrected chi connectivity index (χ2v) is 7.09. The first-order valence-electron chi connectivity index (χ1n) is 7.99. The second kappa shape index (κ2) is 6.66. The average molecular weight is 330 g/mol. The normalized spacial score (nSPS) is 14.5. The molecule has 2 aromatic heterocycles. The summed E-state index contributed by atoms with van der Waals surface area (Å²) in [5.74, 6) is 1.04. The van der Waals surface area contributed by atoms with Crippen LogP contribution in [0.4, 0.5) is 5.82 Å². The van der Waals surface area contributed by atoms with Crippen molar-refractivity contribution < 1.29 is 4.79 Å². The van der Waals surface area contributed by atoms with Crippen molar-refractivity contribution in [1.29, 1.82) is 0 Å². The predicted octanol–water partition coefficient (Wildman–Crippen LogP) is 2.91. The van der Waals surface area contributed by atoms with Crippen molar-refractivity contribution in [3.63, 3.8) is 0 Å². The molecule has 0 bridgehead atoms. The van der Waals surface area contributed by atoms with Gasteiger partial charge in [0.05, 0.1) is 10.6 Å². The van der Waals surface area contributed by atoms with Gasteiger partial charge in [-0.1, -0.05) is 0 Å². The molecule has 122 valence electrons. The van der Waals surface area contributed by atoms with E-state index in [2.05, 4.69) is 29.1 Å². The summed E-state index contributed by atoms with van der Waals surface area (Å²) < 4.78 is 0. The van der Waals surface area contributed by atoms with Gasteiger partial charge in [-0.15, -0.1) is 11.3 Å². The largest absolute Gasteiger partial charge is 0.368 e. The first-order chi connectivity index (χ1) is 11.1. The van der Waals surface area contributed by atoms with E-state index in [9.17, 15) is 4.79 Å². The lowest BCUT2D eigenvalue weighted by Gasteiger charge is -2.20. The number of thiophene rings is 1. The summed E-state index contributed by atoms with van der Waals surface area (Å²) in [7, 11) is 0. The SMILES string of the molecule is Cc1ccsc1C(=O)N1CCc2ncnc(NC(C)C)c2CC1. The van der Waals surface area contributed by atoms with Crippen LogP contribution in [-0.2, 0) is 12.8 Å². The Labute approximate surface area is 140 Å². The quantitative estimate of drug-likeness (QED) is 0.940. The third kappa shape index (κ3) is 3.37. The molecule has 5 nitrogen and oxygen atoms in total. The lowest BCUT2D eigenvalue weighted by molar-refractivity contribution is 0.0767. The first-order valence-corrected chi connectivity index (χ1v) is 8.87. The Balaban J connectivity index is 1.80. The smallest absolute Gasteiger partial charge is 0.264 e. The van der Waals surface area contributed by atoms with E-state index in [0.717, 1.165) is 40.4 Å². The number of amides is 1. The van der Waals surface area contributed by atoms with Crippen molar-refractivity contribution in [2.24, 2.45) is 0 Å². The van der Waals surface area contributed by atoms with Crippen LogP contribution in [-0.4, -0.2) is 39.9 Å². The maximum absolute atomic E-state index is 12.7. The Morgan fingerprint density at radius 3 is 2.78 bits per heavy atom. The molecule has 0 aromatic carbocycles. The predicted molar refractivity (Wildman–Crippen MR) is 93.2 cm³/mol. The first kappa shape index (κ1) is 15.9. The lowest BCUT2D eigenvalue weighted by atomic mass is 10.1. The van der Waals surface area contributed by atoms with E-state index < -0.39 is 0 Å². The number of rotatable bonds is 3. The number of carbonyl (C=O) groups is 1. The van der Waals surface area contributed by atoms with Gasteiger partial charge in [-0.3, -0.25) is 4.79 Å². The zero-order valence-electron chi connectivity index (χ0n) is 13.8. The molecule has 0 atom stereocenters. The van der Waals surface area contributed by atoms with Gasteiger partial charge in [0, 0.05) is 31.1 Å². The lowest BCUT2D eigenvalue weighted by Crippen LogP contribution is -2.33. The fourth-order valence-corrected chi connectivity index (χ4v) is 3.75. The van der Waals surface area contributed by atoms with Crippen LogP contribution < -0.4 is 5.32 Å². The molecular weight excluding hydrogens is 308 g/mol. The van der Waals surface area contributed by atoms with E-state index in [1.807, 2.05) is 23.3 Å². The molecule has 0 saturated heterocycles. The number of anilines is 1. The van der Waals surface area contributed by atoms with E-state index in [1.54, 1.807) is 6.33 Å². The molecule has 1 aliphatic heterocycles. The molecule has 2 aromatic rings. The number of hydrogen-bond acceptors (Lipinski definition) is 5. The summed E-state index contributed by atoms with van der Waals surface area (Å²) in [5.41, 5.74) is 3.27. The number of nitrogens with one attached hydrogen (secondary N) is 1. The molecule has 23 heavy (non-hydrogen) atoms. The van der Waals surface area contributed by atoms with Gasteiger partial charge >= 0.3 is 0 Å². The van der Waals surface area contributed by atoms with Crippen molar-refractivity contribution in [3.8, 4) is 0 Å². The Morgan fingerprint density at radius 2 is 2.09 bits per heavy atom. The molecule has 0 fully saturated rings. The van der Waals surface area contributed by atoms with Gasteiger partial charge in [-0.25, -0.2) is 9.97 Å². The van der Waals surface area contributed by atoms with E-state index >= 15 is 0 Å². The van der Waals surface area contributed by atoms with Crippen molar-refractivity contribution >= 4 is 23.1 Å². The number of carbonyl (C=O) groups excluding carboxylic acids is 1. The van der Waals surface area contributed by atoms with E-state index in [1.165, 1.54) is 11.3 Å². The van der Waals surface area contributed by atoms with Crippen LogP contribution in [0.5, 0.6) is 0 Å². The summed E-state index contributed by atoms with van der Waals surface area (Å²) in [6, 6.07) is 2.32. The van der Waals surface area contributed by atoms with Crippen LogP contribution >= 0.6 is 11.3 Å². The summed E-state index contributed by atoms with van der Waals surface area (Å²) in [4.78, 5) is 24.3. The van der Waals surface area contributed by atoms with Crippen LogP contribution in [0.2, 0.25) is 0 Å². The number of fused-ring (bicyclic) bond motifs is 1. The maximum atomic E-state index is 12.7. The Hall–Kier alpha value is -1.95. The third-order valence-corrected chi connectivity index (χ3v) is 5.06. The van der Waals surface area contributed by atoms with Gasteiger partial charge in [0.2, 0.25) is 0 Å². The molecule has 0 radical (unpaired) electrons. The molecule has 0 spiro atoms. The average Bonchev–Trinajstić information content (AvgIpc) is 2.81. The highest BCUT2D eigenvalue weighted by molar-refractivity contribution is 7.12. The van der Waals surface area contributed by atoms with E-state index in [-0.39, 0.29) is 5.91 Å². The number of hydrogen-bond donors (Lipinski definition) is 1. The Kier molecular flexibility index (Phi) is 4.61. The molecule has 1 aliphatic rings. The fraction of sp³-hybridized carbons (Fsp3) is 0.471. The zero-order valence-corrected chi connectivity index (χ0v) is 14.6. The third-order valence-electron chi connectivity index (χ3n) is 4.05. The molecule has 0 aliphatic carbocycles. The van der Waals surface area contributed by atoms with Crippen molar-refractivity contribution in [2.45, 2.75) is 39.7 Å². The number of aromatic nitrogens is 2. The molecule has 1 amide bonds.